The van der Waals surface area contributed by atoms with Crippen LogP contribution in [0.15, 0.2) is 18.2 Å². The lowest BCUT2D eigenvalue weighted by Gasteiger charge is -2.34. The topological polar surface area (TPSA) is 42.2 Å². The second kappa shape index (κ2) is 5.15. The Morgan fingerprint density at radius 1 is 1.53 bits per heavy atom. The predicted octanol–water partition coefficient (Wildman–Crippen LogP) is 2.60. The zero-order valence-corrected chi connectivity index (χ0v) is 11.8. The number of fused-ring (bicyclic) bond motifs is 1. The number of benzene rings is 1. The van der Waals surface area contributed by atoms with Crippen molar-refractivity contribution >= 4 is 21.6 Å². The van der Waals surface area contributed by atoms with Gasteiger partial charge in [-0.1, -0.05) is 6.92 Å². The third kappa shape index (κ3) is 2.78. The summed E-state index contributed by atoms with van der Waals surface area (Å²) in [5.41, 5.74) is 6.92. The fraction of sp³-hybridized carbons (Fsp3) is 0.500. The summed E-state index contributed by atoms with van der Waals surface area (Å²) >= 11 is 1.58. The van der Waals surface area contributed by atoms with Crippen molar-refractivity contribution in [2.24, 2.45) is 11.7 Å². The number of piperidine rings is 1. The number of hydrogen-bond acceptors (Lipinski definition) is 4. The maximum Gasteiger partial charge on any atom is 0.124 e. The monoisotopic (exact) mass is 279 g/mol. The molecule has 2 unspecified atom stereocenters. The minimum Gasteiger partial charge on any atom is -0.327 e. The summed E-state index contributed by atoms with van der Waals surface area (Å²) in [6, 6.07) is 5.10. The molecule has 2 atom stereocenters. The Balaban J connectivity index is 1.74. The largest absolute Gasteiger partial charge is 0.327 e. The van der Waals surface area contributed by atoms with Gasteiger partial charge in [-0.05, 0) is 30.5 Å². The molecule has 0 amide bonds. The van der Waals surface area contributed by atoms with Crippen LogP contribution in [0.2, 0.25) is 0 Å². The zero-order chi connectivity index (χ0) is 13.4. The van der Waals surface area contributed by atoms with Crippen LogP contribution in [-0.2, 0) is 6.54 Å². The maximum absolute atomic E-state index is 13.2. The van der Waals surface area contributed by atoms with Crippen molar-refractivity contribution in [3.63, 3.8) is 0 Å². The van der Waals surface area contributed by atoms with E-state index in [0.29, 0.717) is 12.0 Å². The van der Waals surface area contributed by atoms with Gasteiger partial charge in [0.05, 0.1) is 16.8 Å². The third-order valence-electron chi connectivity index (χ3n) is 3.81. The molecule has 1 aliphatic heterocycles. The highest BCUT2D eigenvalue weighted by molar-refractivity contribution is 7.18. The number of thiazole rings is 1. The SMILES string of the molecule is CC1CN(Cc2nc3ccc(F)cc3s2)CCC1N. The highest BCUT2D eigenvalue weighted by Gasteiger charge is 2.23. The van der Waals surface area contributed by atoms with E-state index in [0.717, 1.165) is 41.3 Å². The number of aromatic nitrogens is 1. The fourth-order valence-electron chi connectivity index (χ4n) is 2.60. The van der Waals surface area contributed by atoms with Gasteiger partial charge in [-0.15, -0.1) is 11.3 Å². The first-order valence-electron chi connectivity index (χ1n) is 6.65. The summed E-state index contributed by atoms with van der Waals surface area (Å²) in [6.07, 6.45) is 1.04. The summed E-state index contributed by atoms with van der Waals surface area (Å²) in [4.78, 5) is 6.96. The van der Waals surface area contributed by atoms with Gasteiger partial charge in [0.25, 0.3) is 0 Å². The number of likely N-dealkylation sites (tertiary alicyclic amines) is 1. The first kappa shape index (κ1) is 13.0. The molecule has 0 spiro atoms. The number of halogens is 1. The lowest BCUT2D eigenvalue weighted by molar-refractivity contribution is 0.158. The van der Waals surface area contributed by atoms with Gasteiger partial charge in [0.15, 0.2) is 0 Å². The third-order valence-corrected chi connectivity index (χ3v) is 4.81. The van der Waals surface area contributed by atoms with Crippen LogP contribution in [0.4, 0.5) is 4.39 Å². The van der Waals surface area contributed by atoms with Crippen LogP contribution in [-0.4, -0.2) is 29.0 Å². The molecule has 19 heavy (non-hydrogen) atoms. The van der Waals surface area contributed by atoms with Crippen molar-refractivity contribution in [2.75, 3.05) is 13.1 Å². The van der Waals surface area contributed by atoms with Crippen molar-refractivity contribution in [2.45, 2.75) is 25.9 Å². The lowest BCUT2D eigenvalue weighted by Crippen LogP contribution is -2.45. The van der Waals surface area contributed by atoms with Gasteiger partial charge in [-0.25, -0.2) is 9.37 Å². The van der Waals surface area contributed by atoms with Gasteiger partial charge in [-0.2, -0.15) is 0 Å². The molecule has 1 saturated heterocycles. The van der Waals surface area contributed by atoms with Gasteiger partial charge in [-0.3, -0.25) is 4.90 Å². The fourth-order valence-corrected chi connectivity index (χ4v) is 3.63. The van der Waals surface area contributed by atoms with Gasteiger partial charge in [0.1, 0.15) is 10.8 Å². The highest BCUT2D eigenvalue weighted by Crippen LogP contribution is 2.25. The molecule has 0 aliphatic carbocycles. The van der Waals surface area contributed by atoms with Crippen molar-refractivity contribution in [3.05, 3.63) is 29.0 Å². The molecule has 3 rings (SSSR count). The Morgan fingerprint density at radius 2 is 2.37 bits per heavy atom. The second-order valence-corrected chi connectivity index (χ2v) is 6.50. The van der Waals surface area contributed by atoms with Crippen LogP contribution in [0.3, 0.4) is 0 Å². The summed E-state index contributed by atoms with van der Waals surface area (Å²) in [7, 11) is 0. The Bertz CT molecular complexity index is 583. The number of hydrogen-bond donors (Lipinski definition) is 1. The predicted molar refractivity (Wildman–Crippen MR) is 76.6 cm³/mol. The van der Waals surface area contributed by atoms with Crippen LogP contribution in [0.5, 0.6) is 0 Å². The molecular formula is C14H18FN3S. The first-order valence-corrected chi connectivity index (χ1v) is 7.46. The molecule has 1 fully saturated rings. The normalized spacial score (nSPS) is 25.0. The van der Waals surface area contributed by atoms with Crippen LogP contribution < -0.4 is 5.73 Å². The molecule has 1 aromatic heterocycles. The highest BCUT2D eigenvalue weighted by atomic mass is 32.1. The molecule has 102 valence electrons. The van der Waals surface area contributed by atoms with E-state index in [2.05, 4.69) is 16.8 Å². The molecule has 0 bridgehead atoms. The summed E-state index contributed by atoms with van der Waals surface area (Å²) < 4.78 is 14.1. The Kier molecular flexibility index (Phi) is 3.52. The molecule has 2 heterocycles. The van der Waals surface area contributed by atoms with Crippen molar-refractivity contribution in [3.8, 4) is 0 Å². The van der Waals surface area contributed by atoms with E-state index in [1.807, 2.05) is 0 Å². The van der Waals surface area contributed by atoms with Crippen LogP contribution in [0.1, 0.15) is 18.4 Å². The smallest absolute Gasteiger partial charge is 0.124 e. The summed E-state index contributed by atoms with van der Waals surface area (Å²) in [5, 5.41) is 1.06. The summed E-state index contributed by atoms with van der Waals surface area (Å²) in [5.74, 6) is 0.334. The number of nitrogens with two attached hydrogens (primary N) is 1. The zero-order valence-electron chi connectivity index (χ0n) is 11.0. The maximum atomic E-state index is 13.2. The molecular weight excluding hydrogens is 261 g/mol. The van der Waals surface area contributed by atoms with Crippen molar-refractivity contribution < 1.29 is 4.39 Å². The molecule has 2 aromatic rings. The molecule has 1 aromatic carbocycles. The van der Waals surface area contributed by atoms with Gasteiger partial charge in [0, 0.05) is 19.1 Å². The minimum absolute atomic E-state index is 0.194. The molecule has 0 radical (unpaired) electrons. The molecule has 1 aliphatic rings. The van der Waals surface area contributed by atoms with Crippen molar-refractivity contribution in [1.82, 2.24) is 9.88 Å². The Labute approximate surface area is 116 Å². The second-order valence-electron chi connectivity index (χ2n) is 5.38. The molecule has 2 N–H and O–H groups in total. The van der Waals surface area contributed by atoms with Gasteiger partial charge >= 0.3 is 0 Å². The summed E-state index contributed by atoms with van der Waals surface area (Å²) in [6.45, 7) is 5.09. The van der Waals surface area contributed by atoms with Crippen LogP contribution >= 0.6 is 11.3 Å². The van der Waals surface area contributed by atoms with Crippen LogP contribution in [0, 0.1) is 11.7 Å². The minimum atomic E-state index is -0.194. The number of rotatable bonds is 2. The average Bonchev–Trinajstić information content (AvgIpc) is 2.75. The number of nitrogens with zero attached hydrogens (tertiary/aromatic N) is 2. The Hall–Kier alpha value is -1.04. The van der Waals surface area contributed by atoms with E-state index in [4.69, 9.17) is 5.73 Å². The molecule has 3 nitrogen and oxygen atoms in total. The van der Waals surface area contributed by atoms with Crippen molar-refractivity contribution in [1.29, 1.82) is 0 Å². The average molecular weight is 279 g/mol. The van der Waals surface area contributed by atoms with Gasteiger partial charge < -0.3 is 5.73 Å². The molecule has 0 saturated carbocycles. The van der Waals surface area contributed by atoms with E-state index in [9.17, 15) is 4.39 Å². The Morgan fingerprint density at radius 3 is 3.16 bits per heavy atom. The first-order chi connectivity index (χ1) is 9.11. The van der Waals surface area contributed by atoms with Gasteiger partial charge in [0.2, 0.25) is 0 Å². The van der Waals surface area contributed by atoms with E-state index >= 15 is 0 Å². The standard InChI is InChI=1S/C14H18FN3S/c1-9-7-18(5-4-11(9)16)8-14-17-12-3-2-10(15)6-13(12)19-14/h2-3,6,9,11H,4-5,7-8,16H2,1H3. The van der Waals surface area contributed by atoms with E-state index in [1.165, 1.54) is 6.07 Å². The van der Waals surface area contributed by atoms with Crippen LogP contribution in [0.25, 0.3) is 10.2 Å². The van der Waals surface area contributed by atoms with E-state index < -0.39 is 0 Å². The quantitative estimate of drug-likeness (QED) is 0.919. The van der Waals surface area contributed by atoms with E-state index in [1.54, 1.807) is 23.5 Å². The lowest BCUT2D eigenvalue weighted by atomic mass is 9.95. The van der Waals surface area contributed by atoms with E-state index in [-0.39, 0.29) is 5.82 Å². The molecule has 5 heteroatoms.